The lowest BCUT2D eigenvalue weighted by molar-refractivity contribution is -0.138. The standard InChI is InChI=1S/C30H35ClF3N7O3/c1-4-40-9-11-41(12-10-40)15-20-5-7-21(14-23(20)30(32,33)34)38-28(42)19-6-8-24(31)25(13-19)44-29-26-27(35-18-36-29)37-22(17-43-26)16-39(2)3/h5-8,13-14,18,22H,4,9-12,15-17H2,1-3H3,(H,38,42)(H,35,36,37). The normalized spacial score (nSPS) is 17.5. The molecule has 2 aromatic carbocycles. The maximum absolute atomic E-state index is 14.1. The minimum atomic E-state index is -4.58. The Bertz CT molecular complexity index is 1480. The summed E-state index contributed by atoms with van der Waals surface area (Å²) in [4.78, 5) is 27.8. The first-order chi connectivity index (χ1) is 21.0. The van der Waals surface area contributed by atoms with Gasteiger partial charge in [0.05, 0.1) is 16.6 Å². The van der Waals surface area contributed by atoms with Crippen LogP contribution in [-0.2, 0) is 12.7 Å². The predicted octanol–water partition coefficient (Wildman–Crippen LogP) is 5.07. The number of piperazine rings is 1. The molecule has 1 aromatic heterocycles. The summed E-state index contributed by atoms with van der Waals surface area (Å²) in [6.07, 6.45) is -3.26. The number of nitrogens with one attached hydrogen (secondary N) is 2. The number of likely N-dealkylation sites (N-methyl/N-ethyl adjacent to an activating group) is 2. The fourth-order valence-corrected chi connectivity index (χ4v) is 5.37. The number of hydrogen-bond donors (Lipinski definition) is 2. The Morgan fingerprint density at radius 3 is 2.59 bits per heavy atom. The highest BCUT2D eigenvalue weighted by molar-refractivity contribution is 6.32. The van der Waals surface area contributed by atoms with Crippen molar-refractivity contribution in [2.24, 2.45) is 0 Å². The largest absolute Gasteiger partial charge is 0.483 e. The van der Waals surface area contributed by atoms with Gasteiger partial charge < -0.3 is 29.9 Å². The third-order valence-corrected chi connectivity index (χ3v) is 7.82. The van der Waals surface area contributed by atoms with E-state index in [1.807, 2.05) is 23.9 Å². The maximum Gasteiger partial charge on any atom is 0.416 e. The molecule has 3 aromatic rings. The fraction of sp³-hybridized carbons (Fsp3) is 0.433. The van der Waals surface area contributed by atoms with Gasteiger partial charge in [-0.3, -0.25) is 9.69 Å². The van der Waals surface area contributed by atoms with Gasteiger partial charge in [-0.15, -0.1) is 0 Å². The predicted molar refractivity (Wildman–Crippen MR) is 162 cm³/mol. The van der Waals surface area contributed by atoms with Crippen LogP contribution in [0.2, 0.25) is 5.02 Å². The van der Waals surface area contributed by atoms with Crippen molar-refractivity contribution in [2.75, 3.05) is 70.6 Å². The Hall–Kier alpha value is -3.65. The molecule has 2 N–H and O–H groups in total. The van der Waals surface area contributed by atoms with E-state index in [9.17, 15) is 18.0 Å². The molecule has 14 heteroatoms. The zero-order valence-corrected chi connectivity index (χ0v) is 25.5. The van der Waals surface area contributed by atoms with Crippen molar-refractivity contribution >= 4 is 29.0 Å². The number of ether oxygens (including phenoxy) is 2. The Morgan fingerprint density at radius 1 is 1.14 bits per heavy atom. The summed E-state index contributed by atoms with van der Waals surface area (Å²) in [5.41, 5.74) is -0.455. The van der Waals surface area contributed by atoms with E-state index in [1.165, 1.54) is 36.7 Å². The van der Waals surface area contributed by atoms with Gasteiger partial charge in [-0.05, 0) is 56.5 Å². The van der Waals surface area contributed by atoms with Crippen molar-refractivity contribution in [3.63, 3.8) is 0 Å². The summed E-state index contributed by atoms with van der Waals surface area (Å²) in [5, 5.41) is 6.07. The highest BCUT2D eigenvalue weighted by atomic mass is 35.5. The van der Waals surface area contributed by atoms with Crippen LogP contribution in [0.4, 0.5) is 24.7 Å². The van der Waals surface area contributed by atoms with Gasteiger partial charge in [0.25, 0.3) is 11.8 Å². The van der Waals surface area contributed by atoms with Gasteiger partial charge in [-0.1, -0.05) is 24.6 Å². The topological polar surface area (TPSA) is 95.1 Å². The quantitative estimate of drug-likeness (QED) is 0.335. The van der Waals surface area contributed by atoms with E-state index < -0.39 is 17.6 Å². The zero-order chi connectivity index (χ0) is 31.4. The Labute approximate surface area is 259 Å². The number of aromatic nitrogens is 2. The molecule has 44 heavy (non-hydrogen) atoms. The molecule has 1 unspecified atom stereocenters. The average molecular weight is 634 g/mol. The first kappa shape index (κ1) is 31.8. The maximum atomic E-state index is 14.1. The van der Waals surface area contributed by atoms with Crippen LogP contribution in [0.5, 0.6) is 17.4 Å². The highest BCUT2D eigenvalue weighted by Gasteiger charge is 2.34. The van der Waals surface area contributed by atoms with E-state index in [0.29, 0.717) is 31.3 Å². The molecule has 0 aliphatic carbocycles. The van der Waals surface area contributed by atoms with Crippen molar-refractivity contribution in [2.45, 2.75) is 25.7 Å². The molecule has 2 aliphatic heterocycles. The zero-order valence-electron chi connectivity index (χ0n) is 24.7. The van der Waals surface area contributed by atoms with Crippen molar-refractivity contribution in [1.29, 1.82) is 0 Å². The molecule has 1 saturated heterocycles. The number of alkyl halides is 3. The number of halogens is 4. The Balaban J connectivity index is 1.30. The van der Waals surface area contributed by atoms with Crippen LogP contribution in [0.15, 0.2) is 42.7 Å². The van der Waals surface area contributed by atoms with Crippen molar-refractivity contribution < 1.29 is 27.4 Å². The van der Waals surface area contributed by atoms with Crippen LogP contribution in [0.25, 0.3) is 0 Å². The molecule has 5 rings (SSSR count). The highest BCUT2D eigenvalue weighted by Crippen LogP contribution is 2.39. The molecule has 10 nitrogen and oxygen atoms in total. The Kier molecular flexibility index (Phi) is 9.78. The first-order valence-electron chi connectivity index (χ1n) is 14.3. The fourth-order valence-electron chi connectivity index (χ4n) is 5.21. The first-order valence-corrected chi connectivity index (χ1v) is 14.7. The number of carbonyl (C=O) groups excluding carboxylic acids is 1. The van der Waals surface area contributed by atoms with E-state index in [1.54, 1.807) is 0 Å². The molecule has 0 radical (unpaired) electrons. The number of nitrogens with zero attached hydrogens (tertiary/aromatic N) is 5. The van der Waals surface area contributed by atoms with E-state index >= 15 is 0 Å². The van der Waals surface area contributed by atoms with Gasteiger partial charge in [0.15, 0.2) is 5.82 Å². The molecule has 3 heterocycles. The molecule has 1 amide bonds. The SMILES string of the molecule is CCN1CCN(Cc2ccc(NC(=O)c3ccc(Cl)c(Oc4ncnc5c4OCC(CN(C)C)N5)c3)cc2C(F)(F)F)CC1. The number of fused-ring (bicyclic) bond motifs is 1. The Morgan fingerprint density at radius 2 is 1.89 bits per heavy atom. The van der Waals surface area contributed by atoms with Gasteiger partial charge in [-0.2, -0.15) is 18.2 Å². The summed E-state index contributed by atoms with van der Waals surface area (Å²) >= 11 is 6.37. The smallest absolute Gasteiger partial charge is 0.416 e. The van der Waals surface area contributed by atoms with Crippen LogP contribution in [0.3, 0.4) is 0 Å². The van der Waals surface area contributed by atoms with Crippen LogP contribution in [0.1, 0.15) is 28.4 Å². The minimum absolute atomic E-state index is 0.0133. The van der Waals surface area contributed by atoms with Gasteiger partial charge in [0, 0.05) is 50.5 Å². The second kappa shape index (κ2) is 13.6. The van der Waals surface area contributed by atoms with Crippen molar-refractivity contribution in [3.05, 3.63) is 64.4 Å². The minimum Gasteiger partial charge on any atom is -0.483 e. The second-order valence-electron chi connectivity index (χ2n) is 11.1. The molecule has 0 saturated carbocycles. The van der Waals surface area contributed by atoms with Crippen molar-refractivity contribution in [3.8, 4) is 17.4 Å². The van der Waals surface area contributed by atoms with Crippen LogP contribution < -0.4 is 20.1 Å². The van der Waals surface area contributed by atoms with E-state index in [2.05, 4.69) is 32.4 Å². The molecule has 2 aliphatic rings. The van der Waals surface area contributed by atoms with Gasteiger partial charge >= 0.3 is 6.18 Å². The lowest BCUT2D eigenvalue weighted by atomic mass is 10.0. The molecular formula is C30H35ClF3N7O3. The van der Waals surface area contributed by atoms with Crippen LogP contribution in [-0.4, -0.2) is 96.6 Å². The number of hydrogen-bond acceptors (Lipinski definition) is 9. The van der Waals surface area contributed by atoms with Gasteiger partial charge in [-0.25, -0.2) is 4.98 Å². The van der Waals surface area contributed by atoms with E-state index in [0.717, 1.165) is 32.2 Å². The number of anilines is 2. The average Bonchev–Trinajstić information content (AvgIpc) is 2.98. The molecule has 0 bridgehead atoms. The molecule has 1 fully saturated rings. The summed E-state index contributed by atoms with van der Waals surface area (Å²) in [5.74, 6) is 0.364. The summed E-state index contributed by atoms with van der Waals surface area (Å²) in [6.45, 7) is 7.29. The third-order valence-electron chi connectivity index (χ3n) is 7.51. The number of benzene rings is 2. The van der Waals surface area contributed by atoms with E-state index in [-0.39, 0.29) is 46.1 Å². The number of rotatable bonds is 9. The van der Waals surface area contributed by atoms with Gasteiger partial charge in [0.2, 0.25) is 5.75 Å². The molecular weight excluding hydrogens is 599 g/mol. The van der Waals surface area contributed by atoms with Gasteiger partial charge in [0.1, 0.15) is 18.7 Å². The summed E-state index contributed by atoms with van der Waals surface area (Å²) in [7, 11) is 3.91. The molecule has 236 valence electrons. The van der Waals surface area contributed by atoms with Crippen molar-refractivity contribution in [1.82, 2.24) is 24.7 Å². The summed E-state index contributed by atoms with van der Waals surface area (Å²) in [6, 6.07) is 8.22. The second-order valence-corrected chi connectivity index (χ2v) is 11.5. The lowest BCUT2D eigenvalue weighted by Gasteiger charge is -2.34. The monoisotopic (exact) mass is 633 g/mol. The third kappa shape index (κ3) is 7.70. The molecule has 1 atom stereocenters. The lowest BCUT2D eigenvalue weighted by Crippen LogP contribution is -2.45. The van der Waals surface area contributed by atoms with Crippen LogP contribution >= 0.6 is 11.6 Å². The van der Waals surface area contributed by atoms with E-state index in [4.69, 9.17) is 21.1 Å². The van der Waals surface area contributed by atoms with Crippen LogP contribution in [0, 0.1) is 0 Å². The summed E-state index contributed by atoms with van der Waals surface area (Å²) < 4.78 is 54.0. The molecule has 0 spiro atoms. The number of carbonyl (C=O) groups is 1. The number of amides is 1.